The molecule has 6 heteroatoms. The summed E-state index contributed by atoms with van der Waals surface area (Å²) in [5.41, 5.74) is 5.80. The Morgan fingerprint density at radius 1 is 0.593 bits per heavy atom. The highest BCUT2D eigenvalue weighted by atomic mass is 32.2. The summed E-state index contributed by atoms with van der Waals surface area (Å²) in [7, 11) is 0. The minimum atomic E-state index is 0.0240. The first-order valence-corrected chi connectivity index (χ1v) is 14.7. The van der Waals surface area contributed by atoms with Gasteiger partial charge in [0.25, 0.3) is 0 Å². The molecule has 0 N–H and O–H groups in total. The van der Waals surface area contributed by atoms with Crippen LogP contribution in [0.5, 0.6) is 0 Å². The topological polar surface area (TPSA) is 0 Å². The van der Waals surface area contributed by atoms with Gasteiger partial charge in [-0.05, 0) is 33.8 Å². The first-order valence-electron chi connectivity index (χ1n) is 9.18. The van der Waals surface area contributed by atoms with Gasteiger partial charge in [-0.1, -0.05) is 48.5 Å². The van der Waals surface area contributed by atoms with Crippen LogP contribution in [-0.2, 0) is 4.08 Å². The Balaban J connectivity index is 1.84. The maximum Gasteiger partial charge on any atom is 0.112 e. The van der Waals surface area contributed by atoms with Crippen LogP contribution in [0.4, 0.5) is 0 Å². The van der Waals surface area contributed by atoms with Gasteiger partial charge >= 0.3 is 0 Å². The molecule has 146 valence electrons. The van der Waals surface area contributed by atoms with E-state index in [4.69, 9.17) is 0 Å². The highest BCUT2D eigenvalue weighted by molar-refractivity contribution is 8.18. The summed E-state index contributed by atoms with van der Waals surface area (Å²) in [6.45, 7) is 0. The molecule has 0 heterocycles. The maximum atomic E-state index is 4.34. The molecule has 0 bridgehead atoms. The van der Waals surface area contributed by atoms with Crippen molar-refractivity contribution in [3.05, 3.63) is 59.7 Å². The molecule has 0 unspecified atom stereocenters. The van der Waals surface area contributed by atoms with Crippen molar-refractivity contribution in [1.82, 2.24) is 0 Å². The van der Waals surface area contributed by atoms with Gasteiger partial charge in [-0.15, -0.1) is 23.5 Å². The molecule has 0 nitrogen and oxygen atoms in total. The van der Waals surface area contributed by atoms with Crippen LogP contribution in [0, 0.1) is 0 Å². The lowest BCUT2D eigenvalue weighted by Crippen LogP contribution is -2.19. The van der Waals surface area contributed by atoms with Gasteiger partial charge in [0, 0.05) is 34.5 Å². The zero-order valence-electron chi connectivity index (χ0n) is 15.3. The normalized spacial score (nSPS) is 14.1. The number of hydrogen-bond donors (Lipinski definition) is 2. The summed E-state index contributed by atoms with van der Waals surface area (Å²) < 4.78 is 0.0240. The molecule has 1 aliphatic carbocycles. The van der Waals surface area contributed by atoms with E-state index in [2.05, 4.69) is 97.3 Å². The zero-order valence-corrected chi connectivity index (χ0v) is 20.4. The predicted molar refractivity (Wildman–Crippen MR) is 140 cm³/mol. The lowest BCUT2D eigenvalue weighted by atomic mass is 10.1. The van der Waals surface area contributed by atoms with Crippen LogP contribution in [0.2, 0.25) is 0 Å². The van der Waals surface area contributed by atoms with Gasteiger partial charge < -0.3 is 0 Å². The number of hydrogen-bond acceptors (Lipinski definition) is 6. The molecule has 0 fully saturated rings. The molecule has 2 aromatic carbocycles. The van der Waals surface area contributed by atoms with Crippen LogP contribution in [0.15, 0.2) is 48.5 Å². The minimum absolute atomic E-state index is 0.0240. The molecule has 0 radical (unpaired) electrons. The summed E-state index contributed by atoms with van der Waals surface area (Å²) in [4.78, 5) is 0. The molecule has 0 spiro atoms. The number of rotatable bonds is 12. The standard InChI is InChI=1S/C21H26S6/c22-9-11-24-13-15-26-21(27-16-14-25-12-10-23)19-7-3-1-5-17(19)18-6-2-4-8-20(18)21/h1-8,22-23H,9-16H2. The molecule has 1 aliphatic rings. The zero-order chi connectivity index (χ0) is 19.0. The summed E-state index contributed by atoms with van der Waals surface area (Å²) >= 11 is 16.9. The van der Waals surface area contributed by atoms with Crippen molar-refractivity contribution in [2.45, 2.75) is 4.08 Å². The van der Waals surface area contributed by atoms with E-state index in [1.807, 2.05) is 23.5 Å². The highest BCUT2D eigenvalue weighted by Crippen LogP contribution is 2.60. The Labute approximate surface area is 192 Å². The molecule has 0 aromatic heterocycles. The molecule has 0 saturated carbocycles. The lowest BCUT2D eigenvalue weighted by molar-refractivity contribution is 1.12. The number of thiol groups is 2. The second-order valence-corrected chi connectivity index (χ2v) is 12.3. The average molecular weight is 471 g/mol. The molecule has 3 rings (SSSR count). The number of thioether (sulfide) groups is 4. The Morgan fingerprint density at radius 2 is 1.04 bits per heavy atom. The van der Waals surface area contributed by atoms with Crippen molar-refractivity contribution >= 4 is 72.3 Å². The molecule has 0 amide bonds. The second kappa shape index (κ2) is 11.7. The quantitative estimate of drug-likeness (QED) is 0.202. The van der Waals surface area contributed by atoms with Crippen molar-refractivity contribution in [3.63, 3.8) is 0 Å². The van der Waals surface area contributed by atoms with E-state index in [0.29, 0.717) is 0 Å². The Bertz CT molecular complexity index is 656. The van der Waals surface area contributed by atoms with Crippen molar-refractivity contribution in [1.29, 1.82) is 0 Å². The van der Waals surface area contributed by atoms with Crippen molar-refractivity contribution in [2.75, 3.05) is 46.0 Å². The van der Waals surface area contributed by atoms with E-state index in [0.717, 1.165) is 34.5 Å². The van der Waals surface area contributed by atoms with Gasteiger partial charge in [0.2, 0.25) is 0 Å². The van der Waals surface area contributed by atoms with Gasteiger partial charge in [-0.3, -0.25) is 0 Å². The van der Waals surface area contributed by atoms with Crippen LogP contribution in [0.3, 0.4) is 0 Å². The van der Waals surface area contributed by atoms with Gasteiger partial charge in [0.1, 0.15) is 4.08 Å². The van der Waals surface area contributed by atoms with Crippen LogP contribution in [-0.4, -0.2) is 46.0 Å². The molecule has 27 heavy (non-hydrogen) atoms. The summed E-state index contributed by atoms with van der Waals surface area (Å²) in [6.07, 6.45) is 0. The second-order valence-electron chi connectivity index (χ2n) is 6.08. The van der Waals surface area contributed by atoms with Gasteiger partial charge in [0.15, 0.2) is 0 Å². The molecule has 0 saturated heterocycles. The van der Waals surface area contributed by atoms with Crippen LogP contribution in [0.1, 0.15) is 11.1 Å². The van der Waals surface area contributed by atoms with Crippen LogP contribution < -0.4 is 0 Å². The first-order chi connectivity index (χ1) is 13.3. The Hall–Kier alpha value is 0.540. The van der Waals surface area contributed by atoms with Crippen LogP contribution >= 0.6 is 72.3 Å². The number of fused-ring (bicyclic) bond motifs is 3. The molecular weight excluding hydrogens is 445 g/mol. The van der Waals surface area contributed by atoms with E-state index in [-0.39, 0.29) is 4.08 Å². The molecule has 0 aliphatic heterocycles. The van der Waals surface area contributed by atoms with E-state index in [1.165, 1.54) is 33.8 Å². The fraction of sp³-hybridized carbons (Fsp3) is 0.429. The minimum Gasteiger partial charge on any atom is -0.179 e. The van der Waals surface area contributed by atoms with Gasteiger partial charge in [0.05, 0.1) is 0 Å². The highest BCUT2D eigenvalue weighted by Gasteiger charge is 2.43. The Morgan fingerprint density at radius 3 is 1.48 bits per heavy atom. The third kappa shape index (κ3) is 5.37. The lowest BCUT2D eigenvalue weighted by Gasteiger charge is -2.31. The third-order valence-electron chi connectivity index (χ3n) is 4.39. The van der Waals surface area contributed by atoms with Crippen molar-refractivity contribution in [3.8, 4) is 11.1 Å². The largest absolute Gasteiger partial charge is 0.179 e. The van der Waals surface area contributed by atoms with E-state index in [1.54, 1.807) is 0 Å². The summed E-state index contributed by atoms with van der Waals surface area (Å²) in [6, 6.07) is 18.0. The van der Waals surface area contributed by atoms with E-state index in [9.17, 15) is 0 Å². The maximum absolute atomic E-state index is 4.34. The monoisotopic (exact) mass is 470 g/mol. The fourth-order valence-electron chi connectivity index (χ4n) is 3.33. The average Bonchev–Trinajstić information content (AvgIpc) is 2.99. The predicted octanol–water partition coefficient (Wildman–Crippen LogP) is 6.66. The summed E-state index contributed by atoms with van der Waals surface area (Å²) in [5, 5.41) is 0. The Kier molecular flexibility index (Phi) is 9.60. The van der Waals surface area contributed by atoms with E-state index >= 15 is 0 Å². The molecule has 0 atom stereocenters. The molecule has 2 aromatic rings. The smallest absolute Gasteiger partial charge is 0.112 e. The third-order valence-corrected chi connectivity index (χ3v) is 11.1. The van der Waals surface area contributed by atoms with Gasteiger partial charge in [-0.2, -0.15) is 48.8 Å². The SMILES string of the molecule is SCCSCCSC1(SCCSCCS)c2ccccc2-c2ccccc21. The van der Waals surface area contributed by atoms with Gasteiger partial charge in [-0.25, -0.2) is 0 Å². The number of benzene rings is 2. The van der Waals surface area contributed by atoms with Crippen molar-refractivity contribution in [2.24, 2.45) is 0 Å². The first kappa shape index (κ1) is 22.2. The van der Waals surface area contributed by atoms with E-state index < -0.39 is 0 Å². The molecular formula is C21H26S6. The van der Waals surface area contributed by atoms with Crippen molar-refractivity contribution < 1.29 is 0 Å². The van der Waals surface area contributed by atoms with Crippen LogP contribution in [0.25, 0.3) is 11.1 Å². The fourth-order valence-corrected chi connectivity index (χ4v) is 9.12. The summed E-state index contributed by atoms with van der Waals surface area (Å²) in [5.74, 6) is 8.90.